The van der Waals surface area contributed by atoms with Crippen molar-refractivity contribution in [2.24, 2.45) is 0 Å². The second-order valence-electron chi connectivity index (χ2n) is 4.89. The van der Waals surface area contributed by atoms with E-state index in [9.17, 15) is 19.2 Å². The summed E-state index contributed by atoms with van der Waals surface area (Å²) >= 11 is 0. The molecular formula is C15H21N5O4. The molecule has 1 heterocycles. The lowest BCUT2D eigenvalue weighted by Crippen LogP contribution is -2.35. The Kier molecular flexibility index (Phi) is 7.89. The van der Waals surface area contributed by atoms with Gasteiger partial charge in [0.1, 0.15) is 11.4 Å². The Morgan fingerprint density at radius 3 is 1.50 bits per heavy atom. The van der Waals surface area contributed by atoms with Crippen LogP contribution in [-0.4, -0.2) is 54.8 Å². The van der Waals surface area contributed by atoms with Crippen molar-refractivity contribution in [3.8, 4) is 0 Å². The molecule has 0 saturated heterocycles. The number of hydrogen-bond acceptors (Lipinski definition) is 5. The van der Waals surface area contributed by atoms with Crippen LogP contribution in [0.5, 0.6) is 0 Å². The van der Waals surface area contributed by atoms with Gasteiger partial charge in [-0.2, -0.15) is 0 Å². The Labute approximate surface area is 139 Å². The Bertz CT molecular complexity index is 568. The Morgan fingerprint density at radius 1 is 0.750 bits per heavy atom. The maximum atomic E-state index is 11.9. The first-order chi connectivity index (χ1) is 11.4. The van der Waals surface area contributed by atoms with E-state index < -0.39 is 11.8 Å². The van der Waals surface area contributed by atoms with Gasteiger partial charge < -0.3 is 21.3 Å². The predicted octanol–water partition coefficient (Wildman–Crippen LogP) is -1.19. The number of nitrogens with zero attached hydrogens (tertiary/aromatic N) is 1. The highest BCUT2D eigenvalue weighted by atomic mass is 16.2. The number of nitrogens with one attached hydrogen (secondary N) is 4. The highest BCUT2D eigenvalue weighted by Gasteiger charge is 2.11. The number of hydrogen-bond donors (Lipinski definition) is 4. The van der Waals surface area contributed by atoms with Gasteiger partial charge in [0.15, 0.2) is 0 Å². The average Bonchev–Trinajstić information content (AvgIpc) is 2.55. The molecule has 0 aliphatic rings. The Balaban J connectivity index is 2.49. The summed E-state index contributed by atoms with van der Waals surface area (Å²) in [6.07, 6.45) is 0. The highest BCUT2D eigenvalue weighted by Crippen LogP contribution is 1.99. The fourth-order valence-corrected chi connectivity index (χ4v) is 1.70. The van der Waals surface area contributed by atoms with E-state index in [0.29, 0.717) is 13.1 Å². The van der Waals surface area contributed by atoms with Crippen LogP contribution in [0.1, 0.15) is 34.8 Å². The first-order valence-corrected chi connectivity index (χ1v) is 7.42. The molecule has 0 aliphatic heterocycles. The SMILES string of the molecule is CC(=O)NCCNC(=O)c1cccc(C(=O)NCCNC(C)=O)n1. The van der Waals surface area contributed by atoms with E-state index in [1.54, 1.807) is 6.07 Å². The second kappa shape index (κ2) is 9.93. The van der Waals surface area contributed by atoms with Gasteiger partial charge in [0.05, 0.1) is 0 Å². The predicted molar refractivity (Wildman–Crippen MR) is 86.3 cm³/mol. The number of rotatable bonds is 8. The normalized spacial score (nSPS) is 9.75. The van der Waals surface area contributed by atoms with Crippen LogP contribution in [-0.2, 0) is 9.59 Å². The molecule has 0 aromatic carbocycles. The molecule has 0 fully saturated rings. The van der Waals surface area contributed by atoms with Gasteiger partial charge in [-0.05, 0) is 12.1 Å². The fourth-order valence-electron chi connectivity index (χ4n) is 1.70. The number of carbonyl (C=O) groups excluding carboxylic acids is 4. The number of carbonyl (C=O) groups is 4. The van der Waals surface area contributed by atoms with E-state index in [4.69, 9.17) is 0 Å². The lowest BCUT2D eigenvalue weighted by atomic mass is 10.2. The average molecular weight is 335 g/mol. The molecule has 4 N–H and O–H groups in total. The Morgan fingerprint density at radius 2 is 1.12 bits per heavy atom. The smallest absolute Gasteiger partial charge is 0.269 e. The van der Waals surface area contributed by atoms with Crippen LogP contribution in [0.2, 0.25) is 0 Å². The monoisotopic (exact) mass is 335 g/mol. The summed E-state index contributed by atoms with van der Waals surface area (Å²) < 4.78 is 0. The third-order valence-corrected chi connectivity index (χ3v) is 2.78. The van der Waals surface area contributed by atoms with Crippen molar-refractivity contribution in [2.45, 2.75) is 13.8 Å². The minimum absolute atomic E-state index is 0.104. The number of pyridine rings is 1. The van der Waals surface area contributed by atoms with E-state index in [-0.39, 0.29) is 36.3 Å². The third kappa shape index (κ3) is 7.34. The van der Waals surface area contributed by atoms with Gasteiger partial charge in [-0.1, -0.05) is 6.07 Å². The van der Waals surface area contributed by atoms with E-state index in [1.807, 2.05) is 0 Å². The van der Waals surface area contributed by atoms with Gasteiger partial charge in [-0.25, -0.2) is 4.98 Å². The van der Waals surface area contributed by atoms with Crippen LogP contribution in [0.15, 0.2) is 18.2 Å². The lowest BCUT2D eigenvalue weighted by Gasteiger charge is -2.08. The van der Waals surface area contributed by atoms with Gasteiger partial charge >= 0.3 is 0 Å². The van der Waals surface area contributed by atoms with Gasteiger partial charge in [0.2, 0.25) is 11.8 Å². The maximum Gasteiger partial charge on any atom is 0.269 e. The van der Waals surface area contributed by atoms with E-state index in [2.05, 4.69) is 26.3 Å². The van der Waals surface area contributed by atoms with Crippen molar-refractivity contribution in [1.82, 2.24) is 26.3 Å². The molecule has 0 unspecified atom stereocenters. The largest absolute Gasteiger partial charge is 0.355 e. The van der Waals surface area contributed by atoms with Crippen LogP contribution in [0.4, 0.5) is 0 Å². The lowest BCUT2D eigenvalue weighted by molar-refractivity contribution is -0.119. The minimum atomic E-state index is -0.437. The molecule has 130 valence electrons. The summed E-state index contributed by atoms with van der Waals surface area (Å²) in [6, 6.07) is 4.53. The van der Waals surface area contributed by atoms with Crippen LogP contribution < -0.4 is 21.3 Å². The quantitative estimate of drug-likeness (QED) is 0.444. The molecule has 24 heavy (non-hydrogen) atoms. The summed E-state index contributed by atoms with van der Waals surface area (Å²) in [5, 5.41) is 10.3. The van der Waals surface area contributed by atoms with Crippen LogP contribution in [0, 0.1) is 0 Å². The summed E-state index contributed by atoms with van der Waals surface area (Å²) in [5.74, 6) is -1.23. The van der Waals surface area contributed by atoms with E-state index in [1.165, 1.54) is 26.0 Å². The van der Waals surface area contributed by atoms with E-state index >= 15 is 0 Å². The van der Waals surface area contributed by atoms with Crippen LogP contribution in [0.25, 0.3) is 0 Å². The zero-order valence-corrected chi connectivity index (χ0v) is 13.6. The molecule has 0 atom stereocenters. The first-order valence-electron chi connectivity index (χ1n) is 7.42. The van der Waals surface area contributed by atoms with Crippen molar-refractivity contribution < 1.29 is 19.2 Å². The second-order valence-corrected chi connectivity index (χ2v) is 4.89. The number of aromatic nitrogens is 1. The minimum Gasteiger partial charge on any atom is -0.355 e. The highest BCUT2D eigenvalue weighted by molar-refractivity contribution is 5.96. The van der Waals surface area contributed by atoms with Gasteiger partial charge in [-0.3, -0.25) is 19.2 Å². The molecule has 9 nitrogen and oxygen atoms in total. The van der Waals surface area contributed by atoms with Crippen molar-refractivity contribution in [2.75, 3.05) is 26.2 Å². The molecule has 1 aromatic rings. The molecule has 4 amide bonds. The molecule has 9 heteroatoms. The summed E-state index contributed by atoms with van der Waals surface area (Å²) in [5.41, 5.74) is 0.208. The van der Waals surface area contributed by atoms with Crippen molar-refractivity contribution in [3.05, 3.63) is 29.6 Å². The molecule has 0 aliphatic carbocycles. The Hall–Kier alpha value is -2.97. The van der Waals surface area contributed by atoms with Gasteiger partial charge in [-0.15, -0.1) is 0 Å². The van der Waals surface area contributed by atoms with E-state index in [0.717, 1.165) is 0 Å². The summed E-state index contributed by atoms with van der Waals surface area (Å²) in [4.78, 5) is 49.3. The third-order valence-electron chi connectivity index (χ3n) is 2.78. The molecule has 1 rings (SSSR count). The molecule has 0 radical (unpaired) electrons. The summed E-state index contributed by atoms with van der Waals surface area (Å²) in [7, 11) is 0. The summed E-state index contributed by atoms with van der Waals surface area (Å²) in [6.45, 7) is 3.91. The topological polar surface area (TPSA) is 129 Å². The zero-order chi connectivity index (χ0) is 17.9. The van der Waals surface area contributed by atoms with Gasteiger partial charge in [0.25, 0.3) is 11.8 Å². The zero-order valence-electron chi connectivity index (χ0n) is 13.6. The molecule has 0 spiro atoms. The fraction of sp³-hybridized carbons (Fsp3) is 0.400. The molecule has 0 saturated carbocycles. The first kappa shape index (κ1) is 19.1. The molecule has 1 aromatic heterocycles. The molecular weight excluding hydrogens is 314 g/mol. The van der Waals surface area contributed by atoms with Crippen molar-refractivity contribution in [1.29, 1.82) is 0 Å². The maximum absolute atomic E-state index is 11.9. The van der Waals surface area contributed by atoms with Gasteiger partial charge in [0, 0.05) is 40.0 Å². The van der Waals surface area contributed by atoms with Crippen LogP contribution in [0.3, 0.4) is 0 Å². The standard InChI is InChI=1S/C15H21N5O4/c1-10(21)16-6-8-18-14(23)12-4-3-5-13(20-12)15(24)19-9-7-17-11(2)22/h3-5H,6-9H2,1-2H3,(H,16,21)(H,17,22)(H,18,23)(H,19,24). The number of amides is 4. The van der Waals surface area contributed by atoms with Crippen LogP contribution >= 0.6 is 0 Å². The van der Waals surface area contributed by atoms with Crippen molar-refractivity contribution in [3.63, 3.8) is 0 Å². The van der Waals surface area contributed by atoms with Crippen molar-refractivity contribution >= 4 is 23.6 Å². The molecule has 0 bridgehead atoms.